The lowest BCUT2D eigenvalue weighted by atomic mass is 10.0. The van der Waals surface area contributed by atoms with Crippen LogP contribution in [0.3, 0.4) is 0 Å². The van der Waals surface area contributed by atoms with Crippen LogP contribution in [-0.2, 0) is 16.6 Å². The van der Waals surface area contributed by atoms with Gasteiger partial charge < -0.3 is 4.57 Å². The molecule has 0 aliphatic carbocycles. The minimum absolute atomic E-state index is 0.258. The van der Waals surface area contributed by atoms with Crippen LogP contribution in [0.25, 0.3) is 0 Å². The van der Waals surface area contributed by atoms with E-state index in [2.05, 4.69) is 23.4 Å². The summed E-state index contributed by atoms with van der Waals surface area (Å²) in [5, 5.41) is 0.433. The number of benzene rings is 1. The topological polar surface area (TPSA) is 55.2 Å². The maximum absolute atomic E-state index is 12.5. The highest BCUT2D eigenvalue weighted by molar-refractivity contribution is 7.89. The lowest BCUT2D eigenvalue weighted by Gasteiger charge is -2.38. The molecule has 0 saturated carbocycles. The molecule has 1 saturated heterocycles. The van der Waals surface area contributed by atoms with Crippen LogP contribution in [0.15, 0.2) is 41.6 Å². The second-order valence-electron chi connectivity index (χ2n) is 6.24. The van der Waals surface area contributed by atoms with Crippen LogP contribution in [0.4, 0.5) is 0 Å². The summed E-state index contributed by atoms with van der Waals surface area (Å²) >= 11 is 5.89. The summed E-state index contributed by atoms with van der Waals surface area (Å²) in [5.41, 5.74) is 0. The number of aromatic nitrogens is 2. The zero-order valence-corrected chi connectivity index (χ0v) is 14.8. The smallest absolute Gasteiger partial charge is 0.243 e. The van der Waals surface area contributed by atoms with Crippen molar-refractivity contribution in [3.8, 4) is 0 Å². The normalized spacial score (nSPS) is 16.7. The van der Waals surface area contributed by atoms with Crippen molar-refractivity contribution in [2.24, 2.45) is 5.92 Å². The van der Waals surface area contributed by atoms with E-state index in [4.69, 9.17) is 11.6 Å². The molecular weight excluding hydrogens is 334 g/mol. The molecule has 1 aromatic carbocycles. The molecule has 1 aliphatic rings. The maximum Gasteiger partial charge on any atom is 0.243 e. The van der Waals surface area contributed by atoms with Gasteiger partial charge in [0.25, 0.3) is 0 Å². The van der Waals surface area contributed by atoms with Crippen LogP contribution in [0.5, 0.6) is 0 Å². The van der Waals surface area contributed by atoms with Gasteiger partial charge in [-0.2, -0.15) is 4.31 Å². The van der Waals surface area contributed by atoms with Crippen molar-refractivity contribution in [2.45, 2.75) is 31.2 Å². The number of imidazole rings is 1. The summed E-state index contributed by atoms with van der Waals surface area (Å²) in [7, 11) is -3.44. The van der Waals surface area contributed by atoms with Gasteiger partial charge in [-0.05, 0) is 18.2 Å². The molecule has 0 amide bonds. The Morgan fingerprint density at radius 3 is 2.74 bits per heavy atom. The van der Waals surface area contributed by atoms with E-state index in [-0.39, 0.29) is 4.90 Å². The average molecular weight is 354 g/mol. The number of hydrogen-bond donors (Lipinski definition) is 0. The third kappa shape index (κ3) is 3.29. The van der Waals surface area contributed by atoms with Gasteiger partial charge in [-0.15, -0.1) is 0 Å². The van der Waals surface area contributed by atoms with Crippen molar-refractivity contribution < 1.29 is 8.42 Å². The monoisotopic (exact) mass is 353 g/mol. The van der Waals surface area contributed by atoms with Crippen LogP contribution in [0, 0.1) is 5.92 Å². The summed E-state index contributed by atoms with van der Waals surface area (Å²) in [5.74, 6) is 1.72. The van der Waals surface area contributed by atoms with Crippen molar-refractivity contribution in [1.29, 1.82) is 0 Å². The fourth-order valence-corrected chi connectivity index (χ4v) is 4.76. The molecule has 0 bridgehead atoms. The molecule has 7 heteroatoms. The van der Waals surface area contributed by atoms with Gasteiger partial charge in [0.05, 0.1) is 4.90 Å². The molecule has 0 radical (unpaired) electrons. The van der Waals surface area contributed by atoms with Crippen molar-refractivity contribution in [3.05, 3.63) is 47.5 Å². The second-order valence-corrected chi connectivity index (χ2v) is 8.61. The molecule has 1 aromatic heterocycles. The van der Waals surface area contributed by atoms with E-state index >= 15 is 0 Å². The lowest BCUT2D eigenvalue weighted by molar-refractivity contribution is 0.178. The third-order valence-corrected chi connectivity index (χ3v) is 6.14. The van der Waals surface area contributed by atoms with Crippen LogP contribution in [0.2, 0.25) is 5.02 Å². The van der Waals surface area contributed by atoms with Crippen molar-refractivity contribution in [3.63, 3.8) is 0 Å². The zero-order valence-electron chi connectivity index (χ0n) is 13.2. The van der Waals surface area contributed by atoms with Gasteiger partial charge in [0.2, 0.25) is 10.0 Å². The van der Waals surface area contributed by atoms with Gasteiger partial charge in [-0.25, -0.2) is 13.4 Å². The fraction of sp³-hybridized carbons (Fsp3) is 0.438. The van der Waals surface area contributed by atoms with Gasteiger partial charge in [-0.1, -0.05) is 31.5 Å². The standard InChI is InChI=1S/C16H20ClN3O2S/c1-12(2)16-18-6-7-19(16)9-13-10-20(11-13)23(21,22)15-5-3-4-14(17)8-15/h3-8,12-13H,9-11H2,1-2H3. The highest BCUT2D eigenvalue weighted by Gasteiger charge is 2.37. The van der Waals surface area contributed by atoms with E-state index in [0.29, 0.717) is 29.9 Å². The maximum atomic E-state index is 12.5. The molecule has 0 N–H and O–H groups in total. The fourth-order valence-electron chi connectivity index (χ4n) is 2.86. The number of sulfonamides is 1. The molecule has 1 aliphatic heterocycles. The number of hydrogen-bond acceptors (Lipinski definition) is 3. The summed E-state index contributed by atoms with van der Waals surface area (Å²) in [4.78, 5) is 4.63. The Labute approximate surface area is 141 Å². The number of halogens is 1. The number of rotatable bonds is 5. The van der Waals surface area contributed by atoms with Crippen LogP contribution in [0.1, 0.15) is 25.6 Å². The summed E-state index contributed by atoms with van der Waals surface area (Å²) in [6.45, 7) is 6.08. The molecule has 5 nitrogen and oxygen atoms in total. The summed E-state index contributed by atoms with van der Waals surface area (Å²) in [6, 6.07) is 6.41. The van der Waals surface area contributed by atoms with E-state index in [1.807, 2.05) is 6.20 Å². The van der Waals surface area contributed by atoms with Crippen LogP contribution in [-0.4, -0.2) is 35.4 Å². The largest absolute Gasteiger partial charge is 0.334 e. The van der Waals surface area contributed by atoms with Crippen molar-refractivity contribution in [1.82, 2.24) is 13.9 Å². The van der Waals surface area contributed by atoms with Gasteiger partial charge in [-0.3, -0.25) is 0 Å². The SMILES string of the molecule is CC(C)c1nccn1CC1CN(S(=O)(=O)c2cccc(Cl)c2)C1. The molecule has 0 atom stereocenters. The molecule has 1 fully saturated rings. The minimum Gasteiger partial charge on any atom is -0.334 e. The first-order valence-corrected chi connectivity index (χ1v) is 9.46. The Kier molecular flexibility index (Phi) is 4.49. The van der Waals surface area contributed by atoms with Crippen molar-refractivity contribution in [2.75, 3.05) is 13.1 Å². The minimum atomic E-state index is -3.44. The van der Waals surface area contributed by atoms with Crippen LogP contribution >= 0.6 is 11.6 Å². The van der Waals surface area contributed by atoms with E-state index in [9.17, 15) is 8.42 Å². The molecule has 23 heavy (non-hydrogen) atoms. The van der Waals surface area contributed by atoms with Gasteiger partial charge in [0.1, 0.15) is 5.82 Å². The first kappa shape index (κ1) is 16.5. The molecule has 2 heterocycles. The second kappa shape index (κ2) is 6.26. The third-order valence-electron chi connectivity index (χ3n) is 4.08. The van der Waals surface area contributed by atoms with E-state index in [1.54, 1.807) is 24.4 Å². The highest BCUT2D eigenvalue weighted by atomic mass is 35.5. The van der Waals surface area contributed by atoms with Gasteiger partial charge in [0, 0.05) is 48.9 Å². The van der Waals surface area contributed by atoms with E-state index in [0.717, 1.165) is 12.4 Å². The zero-order chi connectivity index (χ0) is 16.6. The molecule has 124 valence electrons. The first-order valence-electron chi connectivity index (χ1n) is 7.64. The number of nitrogens with zero attached hydrogens (tertiary/aromatic N) is 3. The first-order chi connectivity index (χ1) is 10.9. The molecule has 0 spiro atoms. The molecular formula is C16H20ClN3O2S. The summed E-state index contributed by atoms with van der Waals surface area (Å²) < 4.78 is 28.7. The Bertz CT molecular complexity index is 795. The Morgan fingerprint density at radius 1 is 1.35 bits per heavy atom. The Hall–Kier alpha value is -1.37. The average Bonchev–Trinajstić information content (AvgIpc) is 2.90. The Balaban J connectivity index is 1.66. The quantitative estimate of drug-likeness (QED) is 0.830. The molecule has 0 unspecified atom stereocenters. The van der Waals surface area contributed by atoms with E-state index < -0.39 is 10.0 Å². The van der Waals surface area contributed by atoms with Crippen molar-refractivity contribution >= 4 is 21.6 Å². The lowest BCUT2D eigenvalue weighted by Crippen LogP contribution is -2.51. The molecule has 3 rings (SSSR count). The summed E-state index contributed by atoms with van der Waals surface area (Å²) in [6.07, 6.45) is 3.76. The van der Waals surface area contributed by atoms with Crippen LogP contribution < -0.4 is 0 Å². The van der Waals surface area contributed by atoms with Gasteiger partial charge in [0.15, 0.2) is 0 Å². The predicted octanol–water partition coefficient (Wildman–Crippen LogP) is 2.98. The van der Waals surface area contributed by atoms with E-state index in [1.165, 1.54) is 10.4 Å². The molecule has 2 aromatic rings. The Morgan fingerprint density at radius 2 is 2.09 bits per heavy atom. The highest BCUT2D eigenvalue weighted by Crippen LogP contribution is 2.28. The predicted molar refractivity (Wildman–Crippen MR) is 90.0 cm³/mol. The van der Waals surface area contributed by atoms with Gasteiger partial charge >= 0.3 is 0 Å².